The van der Waals surface area contributed by atoms with Gasteiger partial charge in [-0.3, -0.25) is 4.79 Å². The standard InChI is InChI=1S/C16H31NOS/c1-3-4-5-6-7-8-9-10-14-19-15(2)17-13-11-12-16(17)18/h15H,3-14H2,1-2H3. The molecule has 2 nitrogen and oxygen atoms in total. The van der Waals surface area contributed by atoms with Gasteiger partial charge in [-0.25, -0.2) is 0 Å². The van der Waals surface area contributed by atoms with E-state index in [0.717, 1.165) is 19.4 Å². The van der Waals surface area contributed by atoms with Gasteiger partial charge in [-0.2, -0.15) is 0 Å². The van der Waals surface area contributed by atoms with E-state index >= 15 is 0 Å². The van der Waals surface area contributed by atoms with Crippen LogP contribution in [0.3, 0.4) is 0 Å². The van der Waals surface area contributed by atoms with Gasteiger partial charge >= 0.3 is 0 Å². The Morgan fingerprint density at radius 1 is 1.11 bits per heavy atom. The lowest BCUT2D eigenvalue weighted by Gasteiger charge is -2.23. The van der Waals surface area contributed by atoms with Crippen LogP contribution in [0.4, 0.5) is 0 Å². The maximum Gasteiger partial charge on any atom is 0.223 e. The summed E-state index contributed by atoms with van der Waals surface area (Å²) in [5.74, 6) is 1.57. The number of hydrogen-bond donors (Lipinski definition) is 0. The van der Waals surface area contributed by atoms with Crippen molar-refractivity contribution in [2.24, 2.45) is 0 Å². The maximum absolute atomic E-state index is 11.6. The number of nitrogens with zero attached hydrogens (tertiary/aromatic N) is 1. The quantitative estimate of drug-likeness (QED) is 0.507. The summed E-state index contributed by atoms with van der Waals surface area (Å²) < 4.78 is 0. The Bertz CT molecular complexity index is 245. The zero-order valence-corrected chi connectivity index (χ0v) is 13.6. The molecule has 0 bridgehead atoms. The van der Waals surface area contributed by atoms with Gasteiger partial charge in [0.1, 0.15) is 0 Å². The predicted molar refractivity (Wildman–Crippen MR) is 85.5 cm³/mol. The van der Waals surface area contributed by atoms with E-state index in [2.05, 4.69) is 18.7 Å². The van der Waals surface area contributed by atoms with Gasteiger partial charge in [-0.1, -0.05) is 51.9 Å². The van der Waals surface area contributed by atoms with Gasteiger partial charge in [0.05, 0.1) is 5.37 Å². The molecule has 0 aromatic heterocycles. The van der Waals surface area contributed by atoms with Crippen molar-refractivity contribution in [3.05, 3.63) is 0 Å². The third kappa shape index (κ3) is 7.24. The normalized spacial score (nSPS) is 17.2. The van der Waals surface area contributed by atoms with Gasteiger partial charge in [-0.05, 0) is 25.5 Å². The van der Waals surface area contributed by atoms with E-state index in [1.165, 1.54) is 57.1 Å². The molecule has 1 fully saturated rings. The van der Waals surface area contributed by atoms with Crippen molar-refractivity contribution in [3.8, 4) is 0 Å². The third-order valence-electron chi connectivity index (χ3n) is 3.91. The van der Waals surface area contributed by atoms with Crippen LogP contribution in [-0.2, 0) is 4.79 Å². The Morgan fingerprint density at radius 2 is 1.74 bits per heavy atom. The predicted octanol–water partition coefficient (Wildman–Crippen LogP) is 4.83. The number of thioether (sulfide) groups is 1. The summed E-state index contributed by atoms with van der Waals surface area (Å²) in [5, 5.41) is 0.388. The molecule has 1 rings (SSSR count). The lowest BCUT2D eigenvalue weighted by atomic mass is 10.1. The Balaban J connectivity index is 1.89. The monoisotopic (exact) mass is 285 g/mol. The van der Waals surface area contributed by atoms with Gasteiger partial charge in [0.15, 0.2) is 0 Å². The zero-order valence-electron chi connectivity index (χ0n) is 12.8. The number of amides is 1. The fraction of sp³-hybridized carbons (Fsp3) is 0.938. The molecule has 112 valence electrons. The number of hydrogen-bond acceptors (Lipinski definition) is 2. The van der Waals surface area contributed by atoms with E-state index in [-0.39, 0.29) is 0 Å². The summed E-state index contributed by atoms with van der Waals surface area (Å²) in [6, 6.07) is 0. The van der Waals surface area contributed by atoms with Gasteiger partial charge in [0, 0.05) is 13.0 Å². The molecule has 0 saturated carbocycles. The SMILES string of the molecule is CCCCCCCCCCSC(C)N1CCCC1=O. The van der Waals surface area contributed by atoms with Crippen molar-refractivity contribution in [2.75, 3.05) is 12.3 Å². The fourth-order valence-corrected chi connectivity index (χ4v) is 3.75. The maximum atomic E-state index is 11.6. The van der Waals surface area contributed by atoms with Crippen LogP contribution in [0.25, 0.3) is 0 Å². The van der Waals surface area contributed by atoms with Crippen molar-refractivity contribution >= 4 is 17.7 Å². The fourth-order valence-electron chi connectivity index (χ4n) is 2.63. The van der Waals surface area contributed by atoms with Crippen LogP contribution in [0.1, 0.15) is 78.1 Å². The van der Waals surface area contributed by atoms with Crippen molar-refractivity contribution < 1.29 is 4.79 Å². The molecule has 3 heteroatoms. The molecule has 1 aliphatic rings. The molecule has 1 saturated heterocycles. The van der Waals surface area contributed by atoms with Gasteiger partial charge in [-0.15, -0.1) is 11.8 Å². The highest BCUT2D eigenvalue weighted by Crippen LogP contribution is 2.22. The largest absolute Gasteiger partial charge is 0.331 e. The molecule has 1 amide bonds. The van der Waals surface area contributed by atoms with Crippen LogP contribution < -0.4 is 0 Å². The summed E-state index contributed by atoms with van der Waals surface area (Å²) in [6.07, 6.45) is 12.9. The van der Waals surface area contributed by atoms with E-state index in [0.29, 0.717) is 11.3 Å². The first-order chi connectivity index (χ1) is 9.25. The lowest BCUT2D eigenvalue weighted by Crippen LogP contribution is -2.31. The van der Waals surface area contributed by atoms with Crippen molar-refractivity contribution in [1.29, 1.82) is 0 Å². The van der Waals surface area contributed by atoms with E-state index in [4.69, 9.17) is 0 Å². The molecule has 1 aliphatic heterocycles. The second kappa shape index (κ2) is 10.6. The Kier molecular flexibility index (Phi) is 9.40. The molecule has 0 N–H and O–H groups in total. The van der Waals surface area contributed by atoms with E-state index in [1.54, 1.807) is 0 Å². The van der Waals surface area contributed by atoms with E-state index < -0.39 is 0 Å². The van der Waals surface area contributed by atoms with Crippen LogP contribution in [0.15, 0.2) is 0 Å². The van der Waals surface area contributed by atoms with Crippen molar-refractivity contribution in [2.45, 2.75) is 83.4 Å². The molecule has 1 heterocycles. The summed E-state index contributed by atoms with van der Waals surface area (Å²) in [6.45, 7) is 5.42. The Morgan fingerprint density at radius 3 is 2.32 bits per heavy atom. The highest BCUT2D eigenvalue weighted by Gasteiger charge is 2.24. The van der Waals surface area contributed by atoms with Crippen molar-refractivity contribution in [3.63, 3.8) is 0 Å². The second-order valence-electron chi connectivity index (χ2n) is 5.64. The first kappa shape index (κ1) is 16.9. The van der Waals surface area contributed by atoms with Crippen LogP contribution in [-0.4, -0.2) is 28.5 Å². The summed E-state index contributed by atoms with van der Waals surface area (Å²) in [7, 11) is 0. The molecule has 1 unspecified atom stereocenters. The molecule has 19 heavy (non-hydrogen) atoms. The molecule has 0 aromatic carbocycles. The van der Waals surface area contributed by atoms with Crippen molar-refractivity contribution in [1.82, 2.24) is 4.90 Å². The highest BCUT2D eigenvalue weighted by molar-refractivity contribution is 7.99. The highest BCUT2D eigenvalue weighted by atomic mass is 32.2. The van der Waals surface area contributed by atoms with E-state index in [9.17, 15) is 4.79 Å². The van der Waals surface area contributed by atoms with Crippen LogP contribution >= 0.6 is 11.8 Å². The number of rotatable bonds is 11. The molecule has 0 radical (unpaired) electrons. The van der Waals surface area contributed by atoms with E-state index in [1.807, 2.05) is 11.8 Å². The summed E-state index contributed by atoms with van der Waals surface area (Å²) in [5.41, 5.74) is 0. The lowest BCUT2D eigenvalue weighted by molar-refractivity contribution is -0.128. The summed E-state index contributed by atoms with van der Waals surface area (Å²) in [4.78, 5) is 13.6. The third-order valence-corrected chi connectivity index (χ3v) is 5.17. The van der Waals surface area contributed by atoms with Crippen LogP contribution in [0, 0.1) is 0 Å². The van der Waals surface area contributed by atoms with Gasteiger partial charge < -0.3 is 4.90 Å². The molecule has 0 aromatic rings. The van der Waals surface area contributed by atoms with Gasteiger partial charge in [0.2, 0.25) is 5.91 Å². The first-order valence-corrected chi connectivity index (χ1v) is 9.21. The molecule has 1 atom stereocenters. The Hall–Kier alpha value is -0.180. The molecular formula is C16H31NOS. The number of carbonyl (C=O) groups is 1. The minimum atomic E-state index is 0.357. The number of unbranched alkanes of at least 4 members (excludes halogenated alkanes) is 7. The molecule has 0 spiro atoms. The second-order valence-corrected chi connectivity index (χ2v) is 7.06. The van der Waals surface area contributed by atoms with Crippen LogP contribution in [0.5, 0.6) is 0 Å². The average Bonchev–Trinajstić information content (AvgIpc) is 2.83. The smallest absolute Gasteiger partial charge is 0.223 e. The topological polar surface area (TPSA) is 20.3 Å². The number of carbonyl (C=O) groups excluding carboxylic acids is 1. The zero-order chi connectivity index (χ0) is 13.9. The van der Waals surface area contributed by atoms with Gasteiger partial charge in [0.25, 0.3) is 0 Å². The molecular weight excluding hydrogens is 254 g/mol. The minimum Gasteiger partial charge on any atom is -0.331 e. The first-order valence-electron chi connectivity index (χ1n) is 8.16. The van der Waals surface area contributed by atoms with Crippen LogP contribution in [0.2, 0.25) is 0 Å². The Labute approximate surface area is 123 Å². The summed E-state index contributed by atoms with van der Waals surface area (Å²) >= 11 is 1.95. The minimum absolute atomic E-state index is 0.357. The number of likely N-dealkylation sites (tertiary alicyclic amines) is 1. The molecule has 0 aliphatic carbocycles. The average molecular weight is 285 g/mol.